The molecule has 1 aliphatic heterocycles. The maximum atomic E-state index is 11.8. The summed E-state index contributed by atoms with van der Waals surface area (Å²) in [4.78, 5) is 23.2. The largest absolute Gasteiger partial charge is 0.466 e. The molecule has 0 unspecified atom stereocenters. The molecule has 0 aromatic rings. The zero-order chi connectivity index (χ0) is 14.7. The highest BCUT2D eigenvalue weighted by Crippen LogP contribution is 2.44. The van der Waals surface area contributed by atoms with Crippen molar-refractivity contribution >= 4 is 12.1 Å². The van der Waals surface area contributed by atoms with Gasteiger partial charge in [0.05, 0.1) is 24.9 Å². The van der Waals surface area contributed by atoms with Gasteiger partial charge in [-0.3, -0.25) is 0 Å². The van der Waals surface area contributed by atoms with Gasteiger partial charge in [0.15, 0.2) is 0 Å². The molecule has 0 bridgehead atoms. The van der Waals surface area contributed by atoms with Crippen molar-refractivity contribution < 1.29 is 23.8 Å². The van der Waals surface area contributed by atoms with Gasteiger partial charge in [-0.15, -0.1) is 0 Å². The maximum absolute atomic E-state index is 11.8. The summed E-state index contributed by atoms with van der Waals surface area (Å²) >= 11 is 0. The van der Waals surface area contributed by atoms with E-state index < -0.39 is 18.4 Å². The standard InChI is InChI=1S/C14H19NO5/c1-4-8-5-6-9-10(12(16)18-3)7-19-13(11(8)9)20-14(17)15-2/h5,7,9,11,13H,4,6H2,1-3H3,(H,15,17)/t9-,11+,13+/m1/s1. The smallest absolute Gasteiger partial charge is 0.409 e. The number of nitrogens with one attached hydrogen (secondary N) is 1. The fourth-order valence-electron chi connectivity index (χ4n) is 2.78. The van der Waals surface area contributed by atoms with Crippen molar-refractivity contribution in [1.82, 2.24) is 5.32 Å². The van der Waals surface area contributed by atoms with Gasteiger partial charge in [0, 0.05) is 13.0 Å². The molecule has 6 heteroatoms. The highest BCUT2D eigenvalue weighted by molar-refractivity contribution is 5.89. The average molecular weight is 281 g/mol. The molecular weight excluding hydrogens is 262 g/mol. The predicted molar refractivity (Wildman–Crippen MR) is 70.5 cm³/mol. The first kappa shape index (κ1) is 14.4. The second-order valence-electron chi connectivity index (χ2n) is 4.73. The van der Waals surface area contributed by atoms with Gasteiger partial charge in [-0.05, 0) is 12.8 Å². The third kappa shape index (κ3) is 2.50. The normalized spacial score (nSPS) is 27.6. The van der Waals surface area contributed by atoms with Crippen LogP contribution in [0.1, 0.15) is 19.8 Å². The molecule has 1 amide bonds. The Morgan fingerprint density at radius 3 is 2.85 bits per heavy atom. The van der Waals surface area contributed by atoms with Crippen LogP contribution in [-0.2, 0) is 19.0 Å². The van der Waals surface area contributed by atoms with Crippen LogP contribution >= 0.6 is 0 Å². The Morgan fingerprint density at radius 2 is 2.25 bits per heavy atom. The number of esters is 1. The summed E-state index contributed by atoms with van der Waals surface area (Å²) in [6.07, 6.45) is 3.74. The van der Waals surface area contributed by atoms with Crippen LogP contribution in [0.25, 0.3) is 0 Å². The van der Waals surface area contributed by atoms with Crippen molar-refractivity contribution in [2.75, 3.05) is 14.2 Å². The number of rotatable bonds is 3. The molecule has 0 spiro atoms. The van der Waals surface area contributed by atoms with Gasteiger partial charge in [0.25, 0.3) is 6.29 Å². The summed E-state index contributed by atoms with van der Waals surface area (Å²) in [5, 5.41) is 2.40. The Labute approximate surface area is 117 Å². The van der Waals surface area contributed by atoms with Crippen LogP contribution in [0.4, 0.5) is 4.79 Å². The fraction of sp³-hybridized carbons (Fsp3) is 0.571. The minimum absolute atomic E-state index is 0.0548. The van der Waals surface area contributed by atoms with Crippen molar-refractivity contribution in [1.29, 1.82) is 0 Å². The number of carbonyl (C=O) groups is 2. The number of allylic oxidation sites excluding steroid dienone is 1. The lowest BCUT2D eigenvalue weighted by Crippen LogP contribution is -2.39. The van der Waals surface area contributed by atoms with Gasteiger partial charge in [0.1, 0.15) is 0 Å². The summed E-state index contributed by atoms with van der Waals surface area (Å²) < 4.78 is 15.5. The first-order valence-electron chi connectivity index (χ1n) is 6.63. The molecule has 110 valence electrons. The van der Waals surface area contributed by atoms with Gasteiger partial charge >= 0.3 is 12.1 Å². The fourth-order valence-corrected chi connectivity index (χ4v) is 2.78. The van der Waals surface area contributed by atoms with Crippen LogP contribution in [-0.4, -0.2) is 32.5 Å². The third-order valence-electron chi connectivity index (χ3n) is 3.77. The number of alkyl carbamates (subject to hydrolysis) is 1. The summed E-state index contributed by atoms with van der Waals surface area (Å²) in [6.45, 7) is 2.03. The molecule has 2 aliphatic rings. The topological polar surface area (TPSA) is 73.9 Å². The predicted octanol–water partition coefficient (Wildman–Crippen LogP) is 1.73. The van der Waals surface area contributed by atoms with Crippen molar-refractivity contribution in [2.24, 2.45) is 11.8 Å². The van der Waals surface area contributed by atoms with Gasteiger partial charge in [-0.25, -0.2) is 9.59 Å². The van der Waals surface area contributed by atoms with E-state index in [0.717, 1.165) is 18.4 Å². The van der Waals surface area contributed by atoms with E-state index in [9.17, 15) is 9.59 Å². The summed E-state index contributed by atoms with van der Waals surface area (Å²) in [6, 6.07) is 0. The van der Waals surface area contributed by atoms with Gasteiger partial charge < -0.3 is 19.5 Å². The first-order valence-corrected chi connectivity index (χ1v) is 6.63. The second kappa shape index (κ2) is 5.98. The second-order valence-corrected chi connectivity index (χ2v) is 4.73. The molecule has 1 heterocycles. The van der Waals surface area contributed by atoms with E-state index in [1.54, 1.807) is 0 Å². The monoisotopic (exact) mass is 281 g/mol. The van der Waals surface area contributed by atoms with E-state index in [1.807, 2.05) is 6.92 Å². The molecular formula is C14H19NO5. The number of methoxy groups -OCH3 is 1. The van der Waals surface area contributed by atoms with Crippen molar-refractivity contribution in [3.63, 3.8) is 0 Å². The quantitative estimate of drug-likeness (QED) is 0.630. The number of carbonyl (C=O) groups excluding carboxylic acids is 2. The van der Waals surface area contributed by atoms with E-state index in [-0.39, 0.29) is 11.8 Å². The highest BCUT2D eigenvalue weighted by Gasteiger charge is 2.45. The minimum atomic E-state index is -0.706. The number of hydrogen-bond donors (Lipinski definition) is 1. The molecule has 1 aliphatic carbocycles. The maximum Gasteiger partial charge on any atom is 0.409 e. The van der Waals surface area contributed by atoms with Crippen LogP contribution in [0, 0.1) is 11.8 Å². The molecule has 0 saturated heterocycles. The number of ether oxygens (including phenoxy) is 3. The molecule has 0 radical (unpaired) electrons. The Bertz CT molecular complexity index is 468. The van der Waals surface area contributed by atoms with Crippen molar-refractivity contribution in [3.8, 4) is 0 Å². The molecule has 2 rings (SSSR count). The van der Waals surface area contributed by atoms with Crippen LogP contribution in [0.3, 0.4) is 0 Å². The molecule has 0 aromatic heterocycles. The number of fused-ring (bicyclic) bond motifs is 1. The Hall–Kier alpha value is -1.98. The van der Waals surface area contributed by atoms with Crippen LogP contribution in [0.5, 0.6) is 0 Å². The van der Waals surface area contributed by atoms with E-state index in [4.69, 9.17) is 14.2 Å². The summed E-state index contributed by atoms with van der Waals surface area (Å²) in [5.74, 6) is -0.582. The Morgan fingerprint density at radius 1 is 1.50 bits per heavy atom. The number of hydrogen-bond acceptors (Lipinski definition) is 5. The van der Waals surface area contributed by atoms with Crippen molar-refractivity contribution in [3.05, 3.63) is 23.5 Å². The molecule has 6 nitrogen and oxygen atoms in total. The van der Waals surface area contributed by atoms with Gasteiger partial charge in [-0.1, -0.05) is 18.6 Å². The zero-order valence-corrected chi connectivity index (χ0v) is 11.8. The third-order valence-corrected chi connectivity index (χ3v) is 3.77. The average Bonchev–Trinajstić information content (AvgIpc) is 2.91. The van der Waals surface area contributed by atoms with Crippen LogP contribution in [0.15, 0.2) is 23.5 Å². The van der Waals surface area contributed by atoms with E-state index in [2.05, 4.69) is 11.4 Å². The SMILES string of the molecule is CCC1=CC[C@@H]2C(C(=O)OC)=CO[C@@H](OC(=O)NC)[C@@H]12. The van der Waals surface area contributed by atoms with E-state index in [1.165, 1.54) is 20.4 Å². The van der Waals surface area contributed by atoms with Gasteiger partial charge in [-0.2, -0.15) is 0 Å². The first-order chi connectivity index (χ1) is 9.62. The van der Waals surface area contributed by atoms with Gasteiger partial charge in [0.2, 0.25) is 0 Å². The minimum Gasteiger partial charge on any atom is -0.466 e. The number of amides is 1. The van der Waals surface area contributed by atoms with Crippen LogP contribution in [0.2, 0.25) is 0 Å². The molecule has 0 saturated carbocycles. The lowest BCUT2D eigenvalue weighted by molar-refractivity contribution is -0.141. The zero-order valence-electron chi connectivity index (χ0n) is 11.8. The molecule has 20 heavy (non-hydrogen) atoms. The van der Waals surface area contributed by atoms with E-state index >= 15 is 0 Å². The lowest BCUT2D eigenvalue weighted by atomic mass is 9.83. The Balaban J connectivity index is 2.24. The molecule has 3 atom stereocenters. The summed E-state index contributed by atoms with van der Waals surface area (Å²) in [7, 11) is 2.83. The van der Waals surface area contributed by atoms with Crippen LogP contribution < -0.4 is 5.32 Å². The summed E-state index contributed by atoms with van der Waals surface area (Å²) in [5.41, 5.74) is 1.63. The highest BCUT2D eigenvalue weighted by atomic mass is 16.7. The molecule has 0 fully saturated rings. The molecule has 1 N–H and O–H groups in total. The van der Waals surface area contributed by atoms with Crippen molar-refractivity contribution in [2.45, 2.75) is 26.1 Å². The lowest BCUT2D eigenvalue weighted by Gasteiger charge is -2.34. The molecule has 0 aromatic carbocycles. The Kier molecular flexibility index (Phi) is 4.32. The van der Waals surface area contributed by atoms with E-state index in [0.29, 0.717) is 5.57 Å².